The highest BCUT2D eigenvalue weighted by Crippen LogP contribution is 2.17. The molecule has 1 fully saturated rings. The predicted molar refractivity (Wildman–Crippen MR) is 105 cm³/mol. The molecule has 0 radical (unpaired) electrons. The van der Waals surface area contributed by atoms with Gasteiger partial charge in [-0.3, -0.25) is 0 Å². The molecule has 5 heteroatoms. The zero-order valence-corrected chi connectivity index (χ0v) is 15.3. The molecule has 132 valence electrons. The number of carbonyl (C=O) groups is 1. The van der Waals surface area contributed by atoms with Gasteiger partial charge < -0.3 is 15.1 Å². The van der Waals surface area contributed by atoms with Gasteiger partial charge in [-0.05, 0) is 36.4 Å². The molecule has 0 aliphatic carbocycles. The van der Waals surface area contributed by atoms with E-state index in [0.717, 1.165) is 44.9 Å². The van der Waals surface area contributed by atoms with Crippen LogP contribution in [0.15, 0.2) is 65.6 Å². The third kappa shape index (κ3) is 5.43. The molecule has 1 N–H and O–H groups in total. The van der Waals surface area contributed by atoms with Gasteiger partial charge in [0.05, 0.1) is 0 Å². The number of nitrogens with zero attached hydrogens (tertiary/aromatic N) is 2. The first-order valence-corrected chi connectivity index (χ1v) is 9.82. The van der Waals surface area contributed by atoms with Crippen molar-refractivity contribution in [2.45, 2.75) is 11.3 Å². The number of rotatable bonds is 6. The van der Waals surface area contributed by atoms with E-state index in [9.17, 15) is 4.79 Å². The highest BCUT2D eigenvalue weighted by molar-refractivity contribution is 7.99. The molecule has 0 aromatic heterocycles. The third-order valence-corrected chi connectivity index (χ3v) is 5.40. The SMILES string of the molecule is O=C(NCCCSc1ccccc1)N1CCN(c2ccccc2)CC1. The molecule has 1 aliphatic heterocycles. The molecule has 25 heavy (non-hydrogen) atoms. The van der Waals surface area contributed by atoms with Crippen molar-refractivity contribution >= 4 is 23.5 Å². The quantitative estimate of drug-likeness (QED) is 0.634. The topological polar surface area (TPSA) is 35.6 Å². The number of hydrogen-bond donors (Lipinski definition) is 1. The molecule has 2 aromatic rings. The minimum absolute atomic E-state index is 0.0671. The van der Waals surface area contributed by atoms with Crippen LogP contribution in [0, 0.1) is 0 Å². The summed E-state index contributed by atoms with van der Waals surface area (Å²) in [5.41, 5.74) is 1.24. The van der Waals surface area contributed by atoms with E-state index in [1.807, 2.05) is 28.8 Å². The smallest absolute Gasteiger partial charge is 0.317 e. The van der Waals surface area contributed by atoms with Crippen LogP contribution >= 0.6 is 11.8 Å². The van der Waals surface area contributed by atoms with Crippen molar-refractivity contribution in [1.29, 1.82) is 0 Å². The number of nitrogens with one attached hydrogen (secondary N) is 1. The Morgan fingerprint density at radius 3 is 2.24 bits per heavy atom. The Balaban J connectivity index is 1.31. The molecular weight excluding hydrogens is 330 g/mol. The fourth-order valence-electron chi connectivity index (χ4n) is 2.89. The first kappa shape index (κ1) is 17.7. The Morgan fingerprint density at radius 1 is 0.920 bits per heavy atom. The lowest BCUT2D eigenvalue weighted by atomic mass is 10.2. The summed E-state index contributed by atoms with van der Waals surface area (Å²) < 4.78 is 0. The van der Waals surface area contributed by atoms with E-state index in [1.54, 1.807) is 0 Å². The number of para-hydroxylation sites is 1. The first-order valence-electron chi connectivity index (χ1n) is 8.83. The molecule has 0 atom stereocenters. The Kier molecular flexibility index (Phi) is 6.63. The van der Waals surface area contributed by atoms with Crippen LogP contribution < -0.4 is 10.2 Å². The molecule has 0 bridgehead atoms. The van der Waals surface area contributed by atoms with Crippen molar-refractivity contribution in [3.05, 3.63) is 60.7 Å². The summed E-state index contributed by atoms with van der Waals surface area (Å²) in [7, 11) is 0. The number of piperazine rings is 1. The maximum Gasteiger partial charge on any atom is 0.317 e. The van der Waals surface area contributed by atoms with E-state index < -0.39 is 0 Å². The van der Waals surface area contributed by atoms with Crippen LogP contribution in [-0.2, 0) is 0 Å². The predicted octanol–water partition coefficient (Wildman–Crippen LogP) is 3.70. The maximum absolute atomic E-state index is 12.3. The van der Waals surface area contributed by atoms with Crippen LogP contribution in [0.1, 0.15) is 6.42 Å². The number of hydrogen-bond acceptors (Lipinski definition) is 3. The van der Waals surface area contributed by atoms with E-state index in [1.165, 1.54) is 10.6 Å². The Morgan fingerprint density at radius 2 is 1.56 bits per heavy atom. The summed E-state index contributed by atoms with van der Waals surface area (Å²) in [5, 5.41) is 3.05. The zero-order chi connectivity index (χ0) is 17.3. The Bertz CT molecular complexity index is 643. The van der Waals surface area contributed by atoms with Gasteiger partial charge in [-0.25, -0.2) is 4.79 Å². The third-order valence-electron chi connectivity index (χ3n) is 4.30. The molecule has 1 saturated heterocycles. The molecule has 4 nitrogen and oxygen atoms in total. The average molecular weight is 356 g/mol. The van der Waals surface area contributed by atoms with Crippen molar-refractivity contribution in [3.63, 3.8) is 0 Å². The van der Waals surface area contributed by atoms with Gasteiger partial charge in [-0.1, -0.05) is 36.4 Å². The second kappa shape index (κ2) is 9.37. The summed E-state index contributed by atoms with van der Waals surface area (Å²) in [4.78, 5) is 17.8. The molecule has 1 heterocycles. The highest BCUT2D eigenvalue weighted by atomic mass is 32.2. The number of carbonyl (C=O) groups excluding carboxylic acids is 1. The van der Waals surface area contributed by atoms with Gasteiger partial charge >= 0.3 is 6.03 Å². The molecule has 0 spiro atoms. The number of anilines is 1. The fourth-order valence-corrected chi connectivity index (χ4v) is 3.77. The van der Waals surface area contributed by atoms with Crippen LogP contribution in [0.2, 0.25) is 0 Å². The van der Waals surface area contributed by atoms with E-state index in [0.29, 0.717) is 0 Å². The molecular formula is C20H25N3OS. The molecule has 0 unspecified atom stereocenters. The molecule has 1 aliphatic rings. The van der Waals surface area contributed by atoms with Crippen molar-refractivity contribution < 1.29 is 4.79 Å². The first-order chi connectivity index (χ1) is 12.3. The molecule has 0 saturated carbocycles. The monoisotopic (exact) mass is 355 g/mol. The van der Waals surface area contributed by atoms with E-state index in [4.69, 9.17) is 0 Å². The van der Waals surface area contributed by atoms with Gasteiger partial charge in [0.1, 0.15) is 0 Å². The van der Waals surface area contributed by atoms with E-state index in [2.05, 4.69) is 58.7 Å². The van der Waals surface area contributed by atoms with Crippen LogP contribution in [0.3, 0.4) is 0 Å². The summed E-state index contributed by atoms with van der Waals surface area (Å²) in [5.74, 6) is 1.02. The summed E-state index contributed by atoms with van der Waals surface area (Å²) in [6.45, 7) is 4.07. The van der Waals surface area contributed by atoms with E-state index >= 15 is 0 Å². The minimum atomic E-state index is 0.0671. The average Bonchev–Trinajstić information content (AvgIpc) is 2.69. The molecule has 3 rings (SSSR count). The number of urea groups is 1. The van der Waals surface area contributed by atoms with Crippen molar-refractivity contribution in [1.82, 2.24) is 10.2 Å². The second-order valence-corrected chi connectivity index (χ2v) is 7.22. The van der Waals surface area contributed by atoms with Crippen molar-refractivity contribution in [2.75, 3.05) is 43.4 Å². The molecule has 2 aromatic carbocycles. The van der Waals surface area contributed by atoms with Gasteiger partial charge in [0.15, 0.2) is 0 Å². The normalized spacial score (nSPS) is 14.4. The molecule has 2 amide bonds. The van der Waals surface area contributed by atoms with Crippen LogP contribution in [0.5, 0.6) is 0 Å². The lowest BCUT2D eigenvalue weighted by Gasteiger charge is -2.36. The minimum Gasteiger partial charge on any atom is -0.368 e. The summed E-state index contributed by atoms with van der Waals surface area (Å²) in [6.07, 6.45) is 0.981. The second-order valence-electron chi connectivity index (χ2n) is 6.06. The van der Waals surface area contributed by atoms with Gasteiger partial charge in [-0.15, -0.1) is 11.8 Å². The summed E-state index contributed by atoms with van der Waals surface area (Å²) in [6, 6.07) is 20.8. The maximum atomic E-state index is 12.3. The number of benzene rings is 2. The Labute approximate surface area is 154 Å². The Hall–Kier alpha value is -2.14. The number of thioether (sulfide) groups is 1. The van der Waals surface area contributed by atoms with Crippen LogP contribution in [0.25, 0.3) is 0 Å². The zero-order valence-electron chi connectivity index (χ0n) is 14.4. The fraction of sp³-hybridized carbons (Fsp3) is 0.350. The standard InChI is InChI=1S/C20H25N3OS/c24-20(21-12-7-17-25-19-10-5-2-6-11-19)23-15-13-22(14-16-23)18-8-3-1-4-9-18/h1-6,8-11H,7,12-17H2,(H,21,24). The highest BCUT2D eigenvalue weighted by Gasteiger charge is 2.20. The largest absolute Gasteiger partial charge is 0.368 e. The van der Waals surface area contributed by atoms with Crippen molar-refractivity contribution in [2.24, 2.45) is 0 Å². The lowest BCUT2D eigenvalue weighted by Crippen LogP contribution is -2.52. The summed E-state index contributed by atoms with van der Waals surface area (Å²) >= 11 is 1.83. The van der Waals surface area contributed by atoms with Gasteiger partial charge in [0, 0.05) is 43.3 Å². The van der Waals surface area contributed by atoms with Crippen LogP contribution in [-0.4, -0.2) is 49.4 Å². The van der Waals surface area contributed by atoms with Gasteiger partial charge in [-0.2, -0.15) is 0 Å². The number of amides is 2. The van der Waals surface area contributed by atoms with Crippen LogP contribution in [0.4, 0.5) is 10.5 Å². The van der Waals surface area contributed by atoms with E-state index in [-0.39, 0.29) is 6.03 Å². The lowest BCUT2D eigenvalue weighted by molar-refractivity contribution is 0.194. The van der Waals surface area contributed by atoms with Gasteiger partial charge in [0.25, 0.3) is 0 Å². The van der Waals surface area contributed by atoms with Gasteiger partial charge in [0.2, 0.25) is 0 Å². The van der Waals surface area contributed by atoms with Crippen molar-refractivity contribution in [3.8, 4) is 0 Å².